The maximum atomic E-state index is 11.5. The summed E-state index contributed by atoms with van der Waals surface area (Å²) in [4.78, 5) is 22.5. The number of amides is 1. The Bertz CT molecular complexity index is 922. The third-order valence-electron chi connectivity index (χ3n) is 5.15. The number of carbonyl (C=O) groups excluding carboxylic acids is 1. The van der Waals surface area contributed by atoms with E-state index >= 15 is 0 Å². The molecule has 4 rings (SSSR count). The molecule has 2 aromatic carbocycles. The Morgan fingerprint density at radius 1 is 1.23 bits per heavy atom. The van der Waals surface area contributed by atoms with Crippen LogP contribution in [-0.2, 0) is 4.79 Å². The molecule has 0 fully saturated rings. The molecule has 132 valence electrons. The number of benzene rings is 2. The van der Waals surface area contributed by atoms with E-state index in [1.807, 2.05) is 30.3 Å². The maximum Gasteiger partial charge on any atom is 0.274 e. The predicted molar refractivity (Wildman–Crippen MR) is 100 cm³/mol. The number of carbonyl (C=O) groups is 1. The number of anilines is 2. The molecule has 1 amide bonds. The average Bonchev–Trinajstić information content (AvgIpc) is 3.10. The number of fused-ring (bicyclic) bond motifs is 3. The fraction of sp³-hybridized carbons (Fsp3) is 0.250. The predicted octanol–water partition coefficient (Wildman–Crippen LogP) is 4.38. The average molecular weight is 349 g/mol. The van der Waals surface area contributed by atoms with Crippen molar-refractivity contribution in [2.24, 2.45) is 5.92 Å². The van der Waals surface area contributed by atoms with Crippen molar-refractivity contribution < 1.29 is 9.72 Å². The summed E-state index contributed by atoms with van der Waals surface area (Å²) in [6.45, 7) is 1.49. The fourth-order valence-electron chi connectivity index (χ4n) is 4.10. The summed E-state index contributed by atoms with van der Waals surface area (Å²) in [6.07, 6.45) is 5.17. The van der Waals surface area contributed by atoms with Gasteiger partial charge in [0.1, 0.15) is 0 Å². The zero-order chi connectivity index (χ0) is 18.3. The lowest BCUT2D eigenvalue weighted by molar-refractivity contribution is -0.385. The molecule has 1 aliphatic heterocycles. The number of rotatable bonds is 3. The first-order chi connectivity index (χ1) is 12.5. The van der Waals surface area contributed by atoms with Gasteiger partial charge in [0.2, 0.25) is 5.91 Å². The number of para-hydroxylation sites is 1. The molecule has 3 atom stereocenters. The van der Waals surface area contributed by atoms with Gasteiger partial charge in [0.25, 0.3) is 5.69 Å². The van der Waals surface area contributed by atoms with Crippen LogP contribution in [0.5, 0.6) is 0 Å². The van der Waals surface area contributed by atoms with Crippen molar-refractivity contribution in [3.8, 4) is 0 Å². The number of nitro benzene ring substituents is 1. The highest BCUT2D eigenvalue weighted by Gasteiger charge is 2.40. The Morgan fingerprint density at radius 2 is 2.04 bits per heavy atom. The van der Waals surface area contributed by atoms with Crippen molar-refractivity contribution in [3.05, 3.63) is 75.9 Å². The van der Waals surface area contributed by atoms with E-state index in [4.69, 9.17) is 0 Å². The summed E-state index contributed by atoms with van der Waals surface area (Å²) in [6, 6.07) is 12.6. The van der Waals surface area contributed by atoms with Crippen LogP contribution >= 0.6 is 0 Å². The Hall–Kier alpha value is -3.15. The van der Waals surface area contributed by atoms with Crippen LogP contribution in [0.4, 0.5) is 17.1 Å². The zero-order valence-corrected chi connectivity index (χ0v) is 14.3. The van der Waals surface area contributed by atoms with Crippen LogP contribution < -0.4 is 10.6 Å². The first-order valence-electron chi connectivity index (χ1n) is 8.62. The minimum absolute atomic E-state index is 0.106. The van der Waals surface area contributed by atoms with E-state index in [1.165, 1.54) is 6.92 Å². The van der Waals surface area contributed by atoms with Gasteiger partial charge in [-0.15, -0.1) is 0 Å². The molecule has 6 nitrogen and oxygen atoms in total. The van der Waals surface area contributed by atoms with Crippen molar-refractivity contribution in [2.75, 3.05) is 10.6 Å². The first-order valence-corrected chi connectivity index (χ1v) is 8.62. The van der Waals surface area contributed by atoms with Gasteiger partial charge in [-0.3, -0.25) is 14.9 Å². The molecule has 0 aromatic heterocycles. The first kappa shape index (κ1) is 16.3. The topological polar surface area (TPSA) is 84.3 Å². The van der Waals surface area contributed by atoms with Gasteiger partial charge in [-0.2, -0.15) is 0 Å². The van der Waals surface area contributed by atoms with Crippen LogP contribution in [0.25, 0.3) is 0 Å². The SMILES string of the molecule is CC(=O)Nc1ccc2c(c1)[C@H]1C=CC[C@@H]1[C@H](c1ccccc1[N+](=O)[O-])N2. The molecule has 0 spiro atoms. The zero-order valence-electron chi connectivity index (χ0n) is 14.3. The number of nitrogens with zero attached hydrogens (tertiary/aromatic N) is 1. The molecule has 1 heterocycles. The third-order valence-corrected chi connectivity index (χ3v) is 5.15. The molecule has 0 radical (unpaired) electrons. The summed E-state index contributed by atoms with van der Waals surface area (Å²) in [5, 5.41) is 17.8. The second kappa shape index (κ2) is 6.29. The van der Waals surface area contributed by atoms with E-state index in [2.05, 4.69) is 22.8 Å². The molecular weight excluding hydrogens is 330 g/mol. The molecule has 0 unspecified atom stereocenters. The molecule has 0 saturated heterocycles. The molecule has 6 heteroatoms. The van der Waals surface area contributed by atoms with E-state index in [-0.39, 0.29) is 34.4 Å². The molecule has 2 aliphatic rings. The van der Waals surface area contributed by atoms with Gasteiger partial charge < -0.3 is 10.6 Å². The lowest BCUT2D eigenvalue weighted by Gasteiger charge is -2.37. The van der Waals surface area contributed by atoms with Crippen LogP contribution in [0.2, 0.25) is 0 Å². The fourth-order valence-corrected chi connectivity index (χ4v) is 4.10. The van der Waals surface area contributed by atoms with Crippen LogP contribution in [-0.4, -0.2) is 10.8 Å². The van der Waals surface area contributed by atoms with E-state index in [9.17, 15) is 14.9 Å². The molecule has 26 heavy (non-hydrogen) atoms. The molecular formula is C20H19N3O3. The van der Waals surface area contributed by atoms with Gasteiger partial charge in [0.15, 0.2) is 0 Å². The van der Waals surface area contributed by atoms with Gasteiger partial charge >= 0.3 is 0 Å². The number of hydrogen-bond acceptors (Lipinski definition) is 4. The van der Waals surface area contributed by atoms with Crippen LogP contribution in [0.1, 0.15) is 36.4 Å². The number of nitrogens with one attached hydrogen (secondary N) is 2. The maximum absolute atomic E-state index is 11.5. The van der Waals surface area contributed by atoms with Gasteiger partial charge in [-0.25, -0.2) is 0 Å². The lowest BCUT2D eigenvalue weighted by Crippen LogP contribution is -2.29. The Labute approximate surface area is 151 Å². The highest BCUT2D eigenvalue weighted by atomic mass is 16.6. The molecule has 2 N–H and O–H groups in total. The second-order valence-corrected chi connectivity index (χ2v) is 6.77. The van der Waals surface area contributed by atoms with Gasteiger partial charge in [-0.1, -0.05) is 30.4 Å². The summed E-state index contributed by atoms with van der Waals surface area (Å²) >= 11 is 0. The number of allylic oxidation sites excluding steroid dienone is 2. The molecule has 2 aromatic rings. The Kier molecular flexibility index (Phi) is 3.95. The van der Waals surface area contributed by atoms with Crippen LogP contribution in [0.3, 0.4) is 0 Å². The van der Waals surface area contributed by atoms with E-state index in [0.717, 1.165) is 23.4 Å². The molecule has 1 aliphatic carbocycles. The standard InChI is InChI=1S/C20H19N3O3/c1-12(24)21-13-9-10-18-17(11-13)14-6-4-7-15(14)20(22-18)16-5-2-3-8-19(16)23(25)26/h2-6,8-11,14-15,20,22H,7H2,1H3,(H,21,24)/t14-,15-,20+/m0/s1. The Balaban J connectivity index is 1.76. The van der Waals surface area contributed by atoms with Gasteiger partial charge in [0.05, 0.1) is 16.5 Å². The second-order valence-electron chi connectivity index (χ2n) is 6.77. The quantitative estimate of drug-likeness (QED) is 0.489. The van der Waals surface area contributed by atoms with E-state index in [0.29, 0.717) is 5.56 Å². The minimum Gasteiger partial charge on any atom is -0.377 e. The van der Waals surface area contributed by atoms with Crippen molar-refractivity contribution in [3.63, 3.8) is 0 Å². The van der Waals surface area contributed by atoms with Crippen molar-refractivity contribution >= 4 is 23.0 Å². The van der Waals surface area contributed by atoms with Crippen LogP contribution in [0.15, 0.2) is 54.6 Å². The normalized spacial score (nSPS) is 22.9. The van der Waals surface area contributed by atoms with Crippen molar-refractivity contribution in [1.82, 2.24) is 0 Å². The molecule has 0 saturated carbocycles. The summed E-state index contributed by atoms with van der Waals surface area (Å²) in [5.41, 5.74) is 3.70. The summed E-state index contributed by atoms with van der Waals surface area (Å²) in [5.74, 6) is 0.269. The van der Waals surface area contributed by atoms with Gasteiger partial charge in [0, 0.05) is 30.3 Å². The Morgan fingerprint density at radius 3 is 2.81 bits per heavy atom. The largest absolute Gasteiger partial charge is 0.377 e. The minimum atomic E-state index is -0.316. The summed E-state index contributed by atoms with van der Waals surface area (Å²) < 4.78 is 0. The third kappa shape index (κ3) is 2.73. The monoisotopic (exact) mass is 349 g/mol. The smallest absolute Gasteiger partial charge is 0.274 e. The highest BCUT2D eigenvalue weighted by Crippen LogP contribution is 2.51. The van der Waals surface area contributed by atoms with Crippen molar-refractivity contribution in [2.45, 2.75) is 25.3 Å². The summed E-state index contributed by atoms with van der Waals surface area (Å²) in [7, 11) is 0. The lowest BCUT2D eigenvalue weighted by atomic mass is 9.76. The number of hydrogen-bond donors (Lipinski definition) is 2. The van der Waals surface area contributed by atoms with E-state index in [1.54, 1.807) is 12.1 Å². The van der Waals surface area contributed by atoms with Crippen molar-refractivity contribution in [1.29, 1.82) is 0 Å². The van der Waals surface area contributed by atoms with Crippen LogP contribution in [0, 0.1) is 16.0 Å². The molecule has 0 bridgehead atoms. The number of nitro groups is 1. The van der Waals surface area contributed by atoms with Gasteiger partial charge in [-0.05, 0) is 36.1 Å². The highest BCUT2D eigenvalue weighted by molar-refractivity contribution is 5.89. The van der Waals surface area contributed by atoms with E-state index < -0.39 is 0 Å².